The second-order valence-electron chi connectivity index (χ2n) is 4.74. The highest BCUT2D eigenvalue weighted by atomic mass is 14.9. The first kappa shape index (κ1) is 12.2. The Morgan fingerprint density at radius 1 is 1.33 bits per heavy atom. The van der Waals surface area contributed by atoms with Gasteiger partial charge in [-0.1, -0.05) is 20.8 Å². The Labute approximate surface area is 93.1 Å². The third-order valence-corrected chi connectivity index (χ3v) is 3.39. The van der Waals surface area contributed by atoms with Crippen LogP contribution >= 0.6 is 0 Å². The molecule has 2 heteroatoms. The summed E-state index contributed by atoms with van der Waals surface area (Å²) in [5.74, 6) is 0. The first-order chi connectivity index (χ1) is 7.10. The fraction of sp³-hybridized carbons (Fsp3) is 0.615. The van der Waals surface area contributed by atoms with Gasteiger partial charge in [0.15, 0.2) is 0 Å². The second kappa shape index (κ2) is 5.26. The van der Waals surface area contributed by atoms with Crippen molar-refractivity contribution in [2.45, 2.75) is 39.7 Å². The molecule has 0 bridgehead atoms. The molecular weight excluding hydrogens is 184 g/mol. The summed E-state index contributed by atoms with van der Waals surface area (Å²) >= 11 is 0. The molecule has 0 aromatic carbocycles. The van der Waals surface area contributed by atoms with Crippen molar-refractivity contribution in [1.29, 1.82) is 0 Å². The molecule has 0 aliphatic rings. The number of rotatable bonds is 5. The first-order valence-electron chi connectivity index (χ1n) is 5.66. The summed E-state index contributed by atoms with van der Waals surface area (Å²) in [6, 6.07) is 4.71. The molecule has 0 amide bonds. The van der Waals surface area contributed by atoms with Gasteiger partial charge in [-0.15, -0.1) is 0 Å². The normalized spacial score (nSPS) is 13.9. The molecule has 1 aromatic rings. The van der Waals surface area contributed by atoms with Crippen molar-refractivity contribution in [3.8, 4) is 0 Å². The third kappa shape index (κ3) is 3.31. The highest BCUT2D eigenvalue weighted by molar-refractivity contribution is 5.12. The molecule has 1 heterocycles. The van der Waals surface area contributed by atoms with Crippen molar-refractivity contribution < 1.29 is 0 Å². The molecule has 0 spiro atoms. The Bertz CT molecular complexity index is 280. The van der Waals surface area contributed by atoms with Crippen LogP contribution in [0.4, 0.5) is 0 Å². The summed E-state index contributed by atoms with van der Waals surface area (Å²) in [5.41, 5.74) is 1.68. The fourth-order valence-electron chi connectivity index (χ4n) is 1.77. The number of likely N-dealkylation sites (N-methyl/N-ethyl adjacent to an activating group) is 1. The van der Waals surface area contributed by atoms with Crippen LogP contribution in [0.1, 0.15) is 32.8 Å². The lowest BCUT2D eigenvalue weighted by Crippen LogP contribution is -2.41. The van der Waals surface area contributed by atoms with Gasteiger partial charge >= 0.3 is 0 Å². The van der Waals surface area contributed by atoms with Crippen LogP contribution in [0.5, 0.6) is 0 Å². The van der Waals surface area contributed by atoms with Crippen LogP contribution in [0.15, 0.2) is 24.5 Å². The van der Waals surface area contributed by atoms with Gasteiger partial charge in [0, 0.05) is 18.4 Å². The SMILES string of the molecule is CCC(C)(C)C(Cc1ccncc1)NC. The summed E-state index contributed by atoms with van der Waals surface area (Å²) in [4.78, 5) is 4.04. The van der Waals surface area contributed by atoms with Crippen LogP contribution in [0, 0.1) is 5.41 Å². The average Bonchev–Trinajstić information content (AvgIpc) is 2.27. The lowest BCUT2D eigenvalue weighted by Gasteiger charge is -2.33. The number of hydrogen-bond donors (Lipinski definition) is 1. The predicted molar refractivity (Wildman–Crippen MR) is 64.9 cm³/mol. The molecule has 0 radical (unpaired) electrons. The number of nitrogens with one attached hydrogen (secondary N) is 1. The Balaban J connectivity index is 2.70. The van der Waals surface area contributed by atoms with Gasteiger partial charge < -0.3 is 5.32 Å². The Hall–Kier alpha value is -0.890. The molecule has 0 fully saturated rings. The first-order valence-corrected chi connectivity index (χ1v) is 5.66. The van der Waals surface area contributed by atoms with Crippen molar-refractivity contribution in [2.24, 2.45) is 5.41 Å². The zero-order valence-corrected chi connectivity index (χ0v) is 10.2. The van der Waals surface area contributed by atoms with Gasteiger partial charge in [0.1, 0.15) is 0 Å². The topological polar surface area (TPSA) is 24.9 Å². The van der Waals surface area contributed by atoms with E-state index in [2.05, 4.69) is 43.2 Å². The molecule has 1 rings (SSSR count). The maximum absolute atomic E-state index is 4.04. The fourth-order valence-corrected chi connectivity index (χ4v) is 1.77. The van der Waals surface area contributed by atoms with Gasteiger partial charge in [-0.2, -0.15) is 0 Å². The van der Waals surface area contributed by atoms with Crippen LogP contribution in [0.25, 0.3) is 0 Å². The lowest BCUT2D eigenvalue weighted by atomic mass is 9.79. The minimum Gasteiger partial charge on any atom is -0.316 e. The monoisotopic (exact) mass is 206 g/mol. The molecule has 0 aliphatic heterocycles. The van der Waals surface area contributed by atoms with Crippen LogP contribution in [0.3, 0.4) is 0 Å². The predicted octanol–water partition coefficient (Wildman–Crippen LogP) is 2.65. The number of nitrogens with zero attached hydrogens (tertiary/aromatic N) is 1. The van der Waals surface area contributed by atoms with E-state index in [9.17, 15) is 0 Å². The van der Waals surface area contributed by atoms with Gasteiger partial charge in [0.2, 0.25) is 0 Å². The average molecular weight is 206 g/mol. The lowest BCUT2D eigenvalue weighted by molar-refractivity contribution is 0.240. The number of hydrogen-bond acceptors (Lipinski definition) is 2. The number of aromatic nitrogens is 1. The highest BCUT2D eigenvalue weighted by Gasteiger charge is 2.26. The van der Waals surface area contributed by atoms with E-state index in [1.807, 2.05) is 19.4 Å². The molecule has 15 heavy (non-hydrogen) atoms. The van der Waals surface area contributed by atoms with E-state index in [-0.39, 0.29) is 0 Å². The van der Waals surface area contributed by atoms with Gasteiger partial charge in [-0.25, -0.2) is 0 Å². The molecule has 0 saturated heterocycles. The minimum atomic E-state index is 0.331. The van der Waals surface area contributed by atoms with Gasteiger partial charge in [-0.3, -0.25) is 4.98 Å². The zero-order chi connectivity index (χ0) is 11.3. The van der Waals surface area contributed by atoms with Crippen molar-refractivity contribution in [1.82, 2.24) is 10.3 Å². The summed E-state index contributed by atoms with van der Waals surface area (Å²) in [7, 11) is 2.04. The Kier molecular flexibility index (Phi) is 4.28. The molecule has 1 unspecified atom stereocenters. The van der Waals surface area contributed by atoms with E-state index < -0.39 is 0 Å². The minimum absolute atomic E-state index is 0.331. The summed E-state index contributed by atoms with van der Waals surface area (Å²) in [5, 5.41) is 3.42. The van der Waals surface area contributed by atoms with E-state index in [0.29, 0.717) is 11.5 Å². The Morgan fingerprint density at radius 3 is 2.40 bits per heavy atom. The quantitative estimate of drug-likeness (QED) is 0.801. The number of pyridine rings is 1. The van der Waals surface area contributed by atoms with Crippen molar-refractivity contribution in [3.63, 3.8) is 0 Å². The summed E-state index contributed by atoms with van der Waals surface area (Å²) in [6.07, 6.45) is 5.98. The largest absolute Gasteiger partial charge is 0.316 e. The van der Waals surface area contributed by atoms with E-state index in [0.717, 1.165) is 6.42 Å². The van der Waals surface area contributed by atoms with Crippen LogP contribution in [0.2, 0.25) is 0 Å². The van der Waals surface area contributed by atoms with E-state index >= 15 is 0 Å². The van der Waals surface area contributed by atoms with Gasteiger partial charge in [-0.05, 0) is 43.0 Å². The summed E-state index contributed by atoms with van der Waals surface area (Å²) in [6.45, 7) is 6.88. The molecule has 1 aromatic heterocycles. The van der Waals surface area contributed by atoms with Gasteiger partial charge in [0.05, 0.1) is 0 Å². The maximum Gasteiger partial charge on any atom is 0.0270 e. The van der Waals surface area contributed by atoms with Crippen LogP contribution in [-0.4, -0.2) is 18.1 Å². The van der Waals surface area contributed by atoms with Crippen LogP contribution < -0.4 is 5.32 Å². The Morgan fingerprint density at radius 2 is 1.93 bits per heavy atom. The summed E-state index contributed by atoms with van der Waals surface area (Å²) < 4.78 is 0. The molecule has 0 aliphatic carbocycles. The third-order valence-electron chi connectivity index (χ3n) is 3.39. The van der Waals surface area contributed by atoms with Crippen LogP contribution in [-0.2, 0) is 6.42 Å². The molecular formula is C13H22N2. The molecule has 2 nitrogen and oxygen atoms in total. The molecule has 84 valence electrons. The smallest absolute Gasteiger partial charge is 0.0270 e. The molecule has 0 saturated carbocycles. The van der Waals surface area contributed by atoms with Crippen molar-refractivity contribution in [2.75, 3.05) is 7.05 Å². The van der Waals surface area contributed by atoms with Gasteiger partial charge in [0.25, 0.3) is 0 Å². The van der Waals surface area contributed by atoms with E-state index in [1.54, 1.807) is 0 Å². The van der Waals surface area contributed by atoms with E-state index in [1.165, 1.54) is 12.0 Å². The molecule has 1 atom stereocenters. The zero-order valence-electron chi connectivity index (χ0n) is 10.2. The highest BCUT2D eigenvalue weighted by Crippen LogP contribution is 2.26. The standard InChI is InChI=1S/C13H22N2/c1-5-13(2,3)12(14-4)10-11-6-8-15-9-7-11/h6-9,12,14H,5,10H2,1-4H3. The second-order valence-corrected chi connectivity index (χ2v) is 4.74. The van der Waals surface area contributed by atoms with E-state index in [4.69, 9.17) is 0 Å². The maximum atomic E-state index is 4.04. The van der Waals surface area contributed by atoms with Crippen molar-refractivity contribution >= 4 is 0 Å². The van der Waals surface area contributed by atoms with Crippen molar-refractivity contribution in [3.05, 3.63) is 30.1 Å². The molecule has 1 N–H and O–H groups in total.